The highest BCUT2D eigenvalue weighted by molar-refractivity contribution is 7.85. The van der Waals surface area contributed by atoms with Gasteiger partial charge < -0.3 is 14.8 Å². The molecule has 3 N–H and O–H groups in total. The van der Waals surface area contributed by atoms with E-state index in [1.807, 2.05) is 6.92 Å². The van der Waals surface area contributed by atoms with E-state index in [2.05, 4.69) is 5.32 Å². The Morgan fingerprint density at radius 1 is 1.27 bits per heavy atom. The Labute approximate surface area is 171 Å². The second kappa shape index (κ2) is 6.78. The average molecular weight is 433 g/mol. The first kappa shape index (κ1) is 20.3. The van der Waals surface area contributed by atoms with Crippen molar-refractivity contribution in [3.8, 4) is 0 Å². The van der Waals surface area contributed by atoms with Gasteiger partial charge in [-0.1, -0.05) is 6.92 Å². The lowest BCUT2D eigenvalue weighted by atomic mass is 9.62. The van der Waals surface area contributed by atoms with Crippen LogP contribution in [0.4, 0.5) is 0 Å². The number of hydrogen-bond acceptors (Lipinski definition) is 6. The zero-order chi connectivity index (χ0) is 21.8. The number of carbonyl (C=O) groups is 3. The van der Waals surface area contributed by atoms with Gasteiger partial charge in [-0.15, -0.1) is 0 Å². The van der Waals surface area contributed by atoms with Crippen molar-refractivity contribution in [2.24, 2.45) is 0 Å². The number of aromatic carboxylic acids is 1. The van der Waals surface area contributed by atoms with Gasteiger partial charge in [-0.3, -0.25) is 14.1 Å². The van der Waals surface area contributed by atoms with Crippen LogP contribution >= 0.6 is 0 Å². The molecule has 2 aliphatic carbocycles. The number of carbonyl (C=O) groups excluding carboxylic acids is 2. The molecule has 0 saturated carbocycles. The van der Waals surface area contributed by atoms with Crippen LogP contribution in [0.15, 0.2) is 22.8 Å². The van der Waals surface area contributed by atoms with E-state index < -0.39 is 45.5 Å². The lowest BCUT2D eigenvalue weighted by Gasteiger charge is -2.39. The predicted octanol–water partition coefficient (Wildman–Crippen LogP) is 1.78. The Balaban J connectivity index is 1.82. The van der Waals surface area contributed by atoms with Gasteiger partial charge in [0.25, 0.3) is 16.0 Å². The Morgan fingerprint density at radius 3 is 2.67 bits per heavy atom. The molecule has 9 nitrogen and oxygen atoms in total. The molecule has 0 spiro atoms. The molecule has 30 heavy (non-hydrogen) atoms. The van der Waals surface area contributed by atoms with Crippen LogP contribution in [0, 0.1) is 0 Å². The maximum atomic E-state index is 13.1. The molecular weight excluding hydrogens is 414 g/mol. The molecule has 1 aromatic heterocycles. The van der Waals surface area contributed by atoms with Gasteiger partial charge in [0.15, 0.2) is 5.76 Å². The third-order valence-corrected chi connectivity index (χ3v) is 6.59. The average Bonchev–Trinajstić information content (AvgIpc) is 3.10. The Bertz CT molecular complexity index is 1210. The number of carboxylic acids is 1. The summed E-state index contributed by atoms with van der Waals surface area (Å²) in [5, 5.41) is 11.9. The number of amides is 1. The first-order valence-electron chi connectivity index (χ1n) is 9.33. The minimum absolute atomic E-state index is 0.192. The SMILES string of the molecule is CC12CCCc3coc(c31)C(=O)c1cc(C(=O)NCCS(=O)(=O)O)c(C(=O)O)cc12. The number of rotatable bonds is 5. The van der Waals surface area contributed by atoms with Crippen molar-refractivity contribution in [1.82, 2.24) is 5.32 Å². The minimum atomic E-state index is -4.29. The second-order valence-electron chi connectivity index (χ2n) is 7.77. The topological polar surface area (TPSA) is 151 Å². The van der Waals surface area contributed by atoms with Crippen LogP contribution in [0.25, 0.3) is 0 Å². The molecule has 4 rings (SSSR count). The smallest absolute Gasteiger partial charge is 0.336 e. The van der Waals surface area contributed by atoms with Crippen molar-refractivity contribution in [3.05, 3.63) is 57.5 Å². The number of ketones is 1. The van der Waals surface area contributed by atoms with Crippen molar-refractivity contribution in [2.45, 2.75) is 31.6 Å². The molecule has 10 heteroatoms. The van der Waals surface area contributed by atoms with Crippen LogP contribution in [0.3, 0.4) is 0 Å². The zero-order valence-electron chi connectivity index (χ0n) is 16.0. The van der Waals surface area contributed by atoms with E-state index in [0.717, 1.165) is 24.0 Å². The fourth-order valence-corrected chi connectivity index (χ4v) is 4.86. The third kappa shape index (κ3) is 3.12. The monoisotopic (exact) mass is 433 g/mol. The fraction of sp³-hybridized carbons (Fsp3) is 0.350. The van der Waals surface area contributed by atoms with Crippen LogP contribution in [0.1, 0.15) is 73.3 Å². The molecule has 1 heterocycles. The van der Waals surface area contributed by atoms with Crippen molar-refractivity contribution in [1.29, 1.82) is 0 Å². The molecule has 0 aliphatic heterocycles. The van der Waals surface area contributed by atoms with E-state index >= 15 is 0 Å². The first-order chi connectivity index (χ1) is 14.0. The van der Waals surface area contributed by atoms with Crippen molar-refractivity contribution >= 4 is 27.8 Å². The van der Waals surface area contributed by atoms with Gasteiger partial charge in [0.1, 0.15) is 0 Å². The standard InChI is InChI=1S/C20H19NO8S/c1-20-4-2-3-10-9-29-17(15(10)20)16(22)13-7-11(12(19(24)25)8-14(13)20)18(23)21-5-6-30(26,27)28/h7-9H,2-6H2,1H3,(H,21,23)(H,24,25)(H,26,27,28). The molecule has 2 aromatic rings. The molecule has 0 bridgehead atoms. The van der Waals surface area contributed by atoms with Crippen molar-refractivity contribution < 1.29 is 36.9 Å². The number of carboxylic acid groups (broad SMARTS) is 1. The highest BCUT2D eigenvalue weighted by Crippen LogP contribution is 2.50. The maximum Gasteiger partial charge on any atom is 0.336 e. The van der Waals surface area contributed by atoms with Gasteiger partial charge in [0, 0.05) is 23.1 Å². The van der Waals surface area contributed by atoms with Crippen LogP contribution < -0.4 is 5.32 Å². The Kier molecular flexibility index (Phi) is 4.59. The summed E-state index contributed by atoms with van der Waals surface area (Å²) in [7, 11) is -4.29. The second-order valence-corrected chi connectivity index (χ2v) is 9.34. The largest absolute Gasteiger partial charge is 0.478 e. The molecule has 1 atom stereocenters. The highest BCUT2D eigenvalue weighted by Gasteiger charge is 2.46. The summed E-state index contributed by atoms with van der Waals surface area (Å²) in [6, 6.07) is 2.59. The molecule has 0 fully saturated rings. The summed E-state index contributed by atoms with van der Waals surface area (Å²) < 4.78 is 36.0. The van der Waals surface area contributed by atoms with Crippen LogP contribution in [-0.4, -0.2) is 48.0 Å². The number of benzene rings is 1. The molecule has 0 radical (unpaired) electrons. The Hall–Kier alpha value is -2.98. The van der Waals surface area contributed by atoms with E-state index in [9.17, 15) is 27.9 Å². The van der Waals surface area contributed by atoms with Crippen LogP contribution in [0.2, 0.25) is 0 Å². The first-order valence-corrected chi connectivity index (χ1v) is 10.9. The lowest BCUT2D eigenvalue weighted by Crippen LogP contribution is -2.37. The molecule has 2 aliphatic rings. The lowest BCUT2D eigenvalue weighted by molar-refractivity contribution is 0.0690. The quantitative estimate of drug-likeness (QED) is 0.604. The van der Waals surface area contributed by atoms with Gasteiger partial charge in [0.2, 0.25) is 5.78 Å². The summed E-state index contributed by atoms with van der Waals surface area (Å²) in [4.78, 5) is 37.5. The normalized spacial score (nSPS) is 19.7. The predicted molar refractivity (Wildman–Crippen MR) is 104 cm³/mol. The van der Waals surface area contributed by atoms with Gasteiger partial charge >= 0.3 is 5.97 Å². The van der Waals surface area contributed by atoms with Gasteiger partial charge in [-0.05, 0) is 42.5 Å². The highest BCUT2D eigenvalue weighted by atomic mass is 32.2. The van der Waals surface area contributed by atoms with E-state index in [0.29, 0.717) is 12.0 Å². The van der Waals surface area contributed by atoms with Gasteiger partial charge in [-0.2, -0.15) is 8.42 Å². The summed E-state index contributed by atoms with van der Waals surface area (Å²) in [5.41, 5.74) is 1.29. The molecule has 0 saturated heterocycles. The zero-order valence-corrected chi connectivity index (χ0v) is 16.8. The number of nitrogens with one attached hydrogen (secondary N) is 1. The van der Waals surface area contributed by atoms with Crippen molar-refractivity contribution in [2.75, 3.05) is 12.3 Å². The fourth-order valence-electron chi connectivity index (χ4n) is 4.50. The molecule has 1 amide bonds. The van der Waals surface area contributed by atoms with E-state index in [1.54, 1.807) is 6.26 Å². The third-order valence-electron chi connectivity index (χ3n) is 5.87. The summed E-state index contributed by atoms with van der Waals surface area (Å²) in [5.74, 6) is -3.13. The minimum Gasteiger partial charge on any atom is -0.478 e. The van der Waals surface area contributed by atoms with Crippen molar-refractivity contribution in [3.63, 3.8) is 0 Å². The molecule has 1 aromatic carbocycles. The van der Waals surface area contributed by atoms with E-state index in [1.165, 1.54) is 12.1 Å². The van der Waals surface area contributed by atoms with Crippen LogP contribution in [-0.2, 0) is 22.0 Å². The molecular formula is C20H19NO8S. The summed E-state index contributed by atoms with van der Waals surface area (Å²) in [6.45, 7) is 1.53. The Morgan fingerprint density at radius 2 is 2.00 bits per heavy atom. The van der Waals surface area contributed by atoms with Crippen LogP contribution in [0.5, 0.6) is 0 Å². The number of furan rings is 1. The number of hydrogen-bond donors (Lipinski definition) is 3. The van der Waals surface area contributed by atoms with E-state index in [4.69, 9.17) is 8.97 Å². The number of aryl methyl sites for hydroxylation is 1. The number of fused-ring (bicyclic) bond motifs is 2. The van der Waals surface area contributed by atoms with Gasteiger partial charge in [0.05, 0.1) is 23.1 Å². The molecule has 1 unspecified atom stereocenters. The molecule has 158 valence electrons. The summed E-state index contributed by atoms with van der Waals surface area (Å²) in [6.07, 6.45) is 3.88. The van der Waals surface area contributed by atoms with E-state index in [-0.39, 0.29) is 22.5 Å². The van der Waals surface area contributed by atoms with Gasteiger partial charge in [-0.25, -0.2) is 4.79 Å². The summed E-state index contributed by atoms with van der Waals surface area (Å²) >= 11 is 0. The maximum absolute atomic E-state index is 13.1.